The number of benzene rings is 8. The molecule has 0 radical (unpaired) electrons. The van der Waals surface area contributed by atoms with Gasteiger partial charge in [0.05, 0.1) is 11.0 Å². The van der Waals surface area contributed by atoms with Crippen molar-refractivity contribution >= 4 is 49.6 Å². The van der Waals surface area contributed by atoms with Gasteiger partial charge in [0.2, 0.25) is 0 Å². The van der Waals surface area contributed by atoms with Gasteiger partial charge in [-0.1, -0.05) is 127 Å². The lowest BCUT2D eigenvalue weighted by Crippen LogP contribution is -2.09. The average Bonchev–Trinajstić information content (AvgIpc) is 3.50. The number of nitrogens with zero attached hydrogens (tertiary/aromatic N) is 2. The molecule has 2 heteroatoms. The molecule has 1 heterocycles. The lowest BCUT2D eigenvalue weighted by Gasteiger charge is -2.26. The van der Waals surface area contributed by atoms with Crippen LogP contribution in [0.5, 0.6) is 0 Å². The second-order valence-electron chi connectivity index (χ2n) is 12.2. The molecule has 9 aromatic rings. The largest absolute Gasteiger partial charge is 0.311 e. The zero-order chi connectivity index (χ0) is 31.9. The van der Waals surface area contributed by atoms with Crippen molar-refractivity contribution in [2.45, 2.75) is 0 Å². The first-order valence-corrected chi connectivity index (χ1v) is 16.4. The van der Waals surface area contributed by atoms with Gasteiger partial charge in [-0.3, -0.25) is 0 Å². The summed E-state index contributed by atoms with van der Waals surface area (Å²) in [6.45, 7) is 0. The maximum absolute atomic E-state index is 2.38. The van der Waals surface area contributed by atoms with E-state index in [9.17, 15) is 0 Å². The quantitative estimate of drug-likeness (QED) is 0.181. The van der Waals surface area contributed by atoms with Crippen molar-refractivity contribution in [1.82, 2.24) is 4.57 Å². The molecule has 0 amide bonds. The Hall–Kier alpha value is -6.38. The first kappa shape index (κ1) is 27.9. The molecule has 0 spiro atoms. The predicted molar refractivity (Wildman–Crippen MR) is 204 cm³/mol. The zero-order valence-electron chi connectivity index (χ0n) is 26.4. The van der Waals surface area contributed by atoms with Gasteiger partial charge in [-0.05, 0) is 99.8 Å². The fraction of sp³-hybridized carbons (Fsp3) is 0. The van der Waals surface area contributed by atoms with Crippen molar-refractivity contribution in [3.63, 3.8) is 0 Å². The topological polar surface area (TPSA) is 8.17 Å². The molecule has 0 saturated heterocycles. The van der Waals surface area contributed by atoms with Crippen LogP contribution >= 0.6 is 0 Å². The summed E-state index contributed by atoms with van der Waals surface area (Å²) < 4.78 is 2.38. The second-order valence-corrected chi connectivity index (χ2v) is 12.2. The van der Waals surface area contributed by atoms with Crippen LogP contribution < -0.4 is 4.90 Å². The summed E-state index contributed by atoms with van der Waals surface area (Å²) in [5, 5.41) is 5.04. The van der Waals surface area contributed by atoms with Crippen molar-refractivity contribution in [3.05, 3.63) is 194 Å². The number of fused-ring (bicyclic) bond motifs is 4. The van der Waals surface area contributed by atoms with Crippen molar-refractivity contribution in [3.8, 4) is 27.9 Å². The molecule has 0 aliphatic carbocycles. The van der Waals surface area contributed by atoms with Gasteiger partial charge in [0.25, 0.3) is 0 Å². The van der Waals surface area contributed by atoms with Gasteiger partial charge in [0, 0.05) is 33.5 Å². The number of anilines is 3. The second kappa shape index (κ2) is 11.8. The minimum Gasteiger partial charge on any atom is -0.311 e. The molecule has 9 rings (SSSR count). The van der Waals surface area contributed by atoms with Gasteiger partial charge in [0.1, 0.15) is 0 Å². The summed E-state index contributed by atoms with van der Waals surface area (Å²) in [5.41, 5.74) is 11.8. The van der Waals surface area contributed by atoms with Gasteiger partial charge < -0.3 is 9.47 Å². The van der Waals surface area contributed by atoms with Crippen LogP contribution in [0.3, 0.4) is 0 Å². The summed E-state index contributed by atoms with van der Waals surface area (Å²) in [6.07, 6.45) is 0. The predicted octanol–water partition coefficient (Wildman–Crippen LogP) is 12.7. The molecule has 0 saturated carbocycles. The van der Waals surface area contributed by atoms with E-state index in [1.165, 1.54) is 60.5 Å². The highest BCUT2D eigenvalue weighted by Crippen LogP contribution is 2.38. The third kappa shape index (κ3) is 4.92. The van der Waals surface area contributed by atoms with Gasteiger partial charge in [-0.2, -0.15) is 0 Å². The fourth-order valence-corrected chi connectivity index (χ4v) is 7.00. The van der Waals surface area contributed by atoms with E-state index in [0.29, 0.717) is 0 Å². The van der Waals surface area contributed by atoms with E-state index in [1.807, 2.05) is 0 Å². The summed E-state index contributed by atoms with van der Waals surface area (Å²) >= 11 is 0. The molecule has 2 nitrogen and oxygen atoms in total. The Morgan fingerprint density at radius 3 is 1.52 bits per heavy atom. The van der Waals surface area contributed by atoms with Crippen molar-refractivity contribution in [2.75, 3.05) is 4.90 Å². The van der Waals surface area contributed by atoms with Crippen LogP contribution in [-0.2, 0) is 0 Å². The first-order valence-electron chi connectivity index (χ1n) is 16.4. The van der Waals surface area contributed by atoms with Crippen LogP contribution in [-0.4, -0.2) is 4.57 Å². The molecular weight excluding hydrogens is 581 g/mol. The Balaban J connectivity index is 1.09. The molecule has 0 aliphatic heterocycles. The number of para-hydroxylation sites is 3. The summed E-state index contributed by atoms with van der Waals surface area (Å²) in [4.78, 5) is 2.32. The number of rotatable bonds is 6. The monoisotopic (exact) mass is 612 g/mol. The molecule has 0 bridgehead atoms. The minimum atomic E-state index is 1.11. The summed E-state index contributed by atoms with van der Waals surface area (Å²) in [7, 11) is 0. The van der Waals surface area contributed by atoms with Crippen LogP contribution in [0.25, 0.3) is 60.5 Å². The number of hydrogen-bond donors (Lipinski definition) is 0. The average molecular weight is 613 g/mol. The third-order valence-corrected chi connectivity index (χ3v) is 9.37. The Morgan fingerprint density at radius 2 is 0.812 bits per heavy atom. The van der Waals surface area contributed by atoms with E-state index >= 15 is 0 Å². The molecule has 0 fully saturated rings. The molecule has 0 atom stereocenters. The highest BCUT2D eigenvalue weighted by atomic mass is 15.1. The standard InChI is InChI=1S/C46H32N2/c1-3-13-39(14-4-1)47(41-26-21-34(22-27-41)37-20-19-33-11-7-8-12-36(33)31-37)42-28-23-35(24-29-42)38-25-30-44-43-17-9-10-18-45(43)48(46(44)32-38)40-15-5-2-6-16-40/h1-32H. The molecule has 226 valence electrons. The van der Waals surface area contributed by atoms with Gasteiger partial charge >= 0.3 is 0 Å². The number of hydrogen-bond acceptors (Lipinski definition) is 1. The van der Waals surface area contributed by atoms with Gasteiger partial charge in [0.15, 0.2) is 0 Å². The molecule has 48 heavy (non-hydrogen) atoms. The highest BCUT2D eigenvalue weighted by molar-refractivity contribution is 6.10. The summed E-state index contributed by atoms with van der Waals surface area (Å²) in [5.74, 6) is 0. The minimum absolute atomic E-state index is 1.11. The zero-order valence-corrected chi connectivity index (χ0v) is 26.4. The molecule has 1 aromatic heterocycles. The Bertz CT molecular complexity index is 2530. The highest BCUT2D eigenvalue weighted by Gasteiger charge is 2.15. The maximum atomic E-state index is 2.38. The number of aromatic nitrogens is 1. The van der Waals surface area contributed by atoms with Crippen LogP contribution in [0, 0.1) is 0 Å². The van der Waals surface area contributed by atoms with Crippen LogP contribution in [0.1, 0.15) is 0 Å². The maximum Gasteiger partial charge on any atom is 0.0547 e. The van der Waals surface area contributed by atoms with Crippen molar-refractivity contribution in [1.29, 1.82) is 0 Å². The SMILES string of the molecule is c1ccc(N(c2ccc(-c3ccc4ccccc4c3)cc2)c2ccc(-c3ccc4c5ccccc5n(-c5ccccc5)c4c3)cc2)cc1. The lowest BCUT2D eigenvalue weighted by molar-refractivity contribution is 1.18. The normalized spacial score (nSPS) is 11.3. The summed E-state index contributed by atoms with van der Waals surface area (Å²) in [6, 6.07) is 69.8. The van der Waals surface area contributed by atoms with Crippen molar-refractivity contribution in [2.24, 2.45) is 0 Å². The van der Waals surface area contributed by atoms with Gasteiger partial charge in [-0.15, -0.1) is 0 Å². The Kier molecular flexibility index (Phi) is 6.84. The van der Waals surface area contributed by atoms with Crippen LogP contribution in [0.15, 0.2) is 194 Å². The molecule has 0 unspecified atom stereocenters. The molecule has 0 N–H and O–H groups in total. The molecule has 0 aliphatic rings. The van der Waals surface area contributed by atoms with E-state index in [4.69, 9.17) is 0 Å². The van der Waals surface area contributed by atoms with E-state index < -0.39 is 0 Å². The van der Waals surface area contributed by atoms with Gasteiger partial charge in [-0.25, -0.2) is 0 Å². The smallest absolute Gasteiger partial charge is 0.0547 e. The molecular formula is C46H32N2. The van der Waals surface area contributed by atoms with E-state index in [1.54, 1.807) is 0 Å². The first-order chi connectivity index (χ1) is 23.8. The van der Waals surface area contributed by atoms with Crippen molar-refractivity contribution < 1.29 is 0 Å². The Morgan fingerprint density at radius 1 is 0.312 bits per heavy atom. The van der Waals surface area contributed by atoms with E-state index in [-0.39, 0.29) is 0 Å². The molecule has 8 aromatic carbocycles. The van der Waals surface area contributed by atoms with Crippen LogP contribution in [0.2, 0.25) is 0 Å². The fourth-order valence-electron chi connectivity index (χ4n) is 7.00. The van der Waals surface area contributed by atoms with E-state index in [2.05, 4.69) is 204 Å². The Labute approximate surface area is 280 Å². The third-order valence-electron chi connectivity index (χ3n) is 9.37. The lowest BCUT2D eigenvalue weighted by atomic mass is 10.0. The van der Waals surface area contributed by atoms with Crippen LogP contribution in [0.4, 0.5) is 17.1 Å². The van der Waals surface area contributed by atoms with E-state index in [0.717, 1.165) is 17.1 Å².